The molecule has 0 unspecified atom stereocenters. The zero-order chi connectivity index (χ0) is 22.4. The zero-order valence-corrected chi connectivity index (χ0v) is 19.8. The van der Waals surface area contributed by atoms with E-state index in [1.54, 1.807) is 6.92 Å². The van der Waals surface area contributed by atoms with Gasteiger partial charge in [-0.05, 0) is 58.0 Å². The van der Waals surface area contributed by atoms with Gasteiger partial charge in [0, 0.05) is 17.1 Å². The predicted molar refractivity (Wildman–Crippen MR) is 121 cm³/mol. The van der Waals surface area contributed by atoms with Gasteiger partial charge in [-0.25, -0.2) is 9.97 Å². The lowest BCUT2D eigenvalue weighted by atomic mass is 10.3. The summed E-state index contributed by atoms with van der Waals surface area (Å²) >= 11 is 2.80. The first-order valence-corrected chi connectivity index (χ1v) is 11.6. The number of thioether (sulfide) groups is 2. The number of aryl methyl sites for hydroxylation is 2. The summed E-state index contributed by atoms with van der Waals surface area (Å²) in [6, 6.07) is 9.64. The molecule has 0 saturated carbocycles. The molecular formula is C21H25N5O3S2. The van der Waals surface area contributed by atoms with Crippen LogP contribution in [0.3, 0.4) is 0 Å². The molecule has 1 atom stereocenters. The Balaban J connectivity index is 1.91. The zero-order valence-electron chi connectivity index (χ0n) is 18.2. The second-order valence-electron chi connectivity index (χ2n) is 6.67. The van der Waals surface area contributed by atoms with E-state index >= 15 is 0 Å². The molecule has 0 spiro atoms. The number of carbonyl (C=O) groups excluding carboxylic acids is 1. The average Bonchev–Trinajstić information content (AvgIpc) is 3.14. The van der Waals surface area contributed by atoms with E-state index in [0.717, 1.165) is 28.6 Å². The van der Waals surface area contributed by atoms with E-state index in [1.165, 1.54) is 30.6 Å². The number of benzene rings is 1. The maximum Gasteiger partial charge on any atom is 0.318 e. The molecule has 0 fully saturated rings. The summed E-state index contributed by atoms with van der Waals surface area (Å²) in [6.45, 7) is 8.22. The number of ether oxygens (including phenoxy) is 2. The first-order chi connectivity index (χ1) is 14.9. The van der Waals surface area contributed by atoms with E-state index in [9.17, 15) is 4.79 Å². The van der Waals surface area contributed by atoms with E-state index < -0.39 is 5.25 Å². The number of hydrogen-bond donors (Lipinski definition) is 0. The van der Waals surface area contributed by atoms with Gasteiger partial charge in [0.05, 0.1) is 19.5 Å². The Kier molecular flexibility index (Phi) is 7.91. The lowest BCUT2D eigenvalue weighted by Gasteiger charge is -2.13. The molecule has 31 heavy (non-hydrogen) atoms. The molecule has 3 rings (SSSR count). The summed E-state index contributed by atoms with van der Waals surface area (Å²) in [7, 11) is 1.38. The molecule has 8 nitrogen and oxygen atoms in total. The third-order valence-corrected chi connectivity index (χ3v) is 6.08. The molecular weight excluding hydrogens is 434 g/mol. The maximum atomic E-state index is 11.9. The van der Waals surface area contributed by atoms with Crippen LogP contribution in [0.2, 0.25) is 0 Å². The number of aromatic nitrogens is 5. The number of methoxy groups -OCH3 is 1. The molecule has 0 amide bonds. The lowest BCUT2D eigenvalue weighted by molar-refractivity contribution is -0.139. The first kappa shape index (κ1) is 23.1. The maximum absolute atomic E-state index is 11.9. The minimum absolute atomic E-state index is 0.314. The van der Waals surface area contributed by atoms with Gasteiger partial charge in [0.1, 0.15) is 16.8 Å². The van der Waals surface area contributed by atoms with Crippen molar-refractivity contribution >= 4 is 29.5 Å². The SMILES string of the molecule is CCOc1ccc(-n2c(CSc3nc(C)cc(C)n3)nnc2S[C@@H](C)C(=O)OC)cc1. The van der Waals surface area contributed by atoms with Crippen molar-refractivity contribution in [2.75, 3.05) is 13.7 Å². The molecule has 2 aromatic heterocycles. The Morgan fingerprint density at radius 1 is 1.13 bits per heavy atom. The second kappa shape index (κ2) is 10.6. The van der Waals surface area contributed by atoms with Crippen molar-refractivity contribution in [1.29, 1.82) is 0 Å². The van der Waals surface area contributed by atoms with Crippen LogP contribution in [-0.2, 0) is 15.3 Å². The highest BCUT2D eigenvalue weighted by molar-refractivity contribution is 8.00. The molecule has 0 aliphatic carbocycles. The van der Waals surface area contributed by atoms with Gasteiger partial charge in [0.2, 0.25) is 0 Å². The average molecular weight is 460 g/mol. The van der Waals surface area contributed by atoms with Crippen molar-refractivity contribution in [2.45, 2.75) is 49.0 Å². The van der Waals surface area contributed by atoms with Gasteiger partial charge in [-0.2, -0.15) is 0 Å². The number of carbonyl (C=O) groups is 1. The van der Waals surface area contributed by atoms with E-state index in [4.69, 9.17) is 9.47 Å². The standard InChI is InChI=1S/C21H25N5O3S2/c1-6-29-17-9-7-16(8-10-17)26-18(12-30-20-22-13(2)11-14(3)23-20)24-25-21(26)31-15(4)19(27)28-5/h7-11,15H,6,12H2,1-5H3/t15-/m0/s1. The Hall–Kier alpha value is -2.59. The van der Waals surface area contributed by atoms with Crippen LogP contribution in [0.1, 0.15) is 31.1 Å². The number of nitrogens with zero attached hydrogens (tertiary/aromatic N) is 5. The number of rotatable bonds is 9. The fourth-order valence-electron chi connectivity index (χ4n) is 2.85. The van der Waals surface area contributed by atoms with Gasteiger partial charge in [-0.3, -0.25) is 9.36 Å². The quantitative estimate of drug-likeness (QED) is 0.267. The van der Waals surface area contributed by atoms with E-state index in [1.807, 2.05) is 55.7 Å². The lowest BCUT2D eigenvalue weighted by Crippen LogP contribution is -2.15. The van der Waals surface area contributed by atoms with Gasteiger partial charge in [-0.1, -0.05) is 23.5 Å². The van der Waals surface area contributed by atoms with Crippen molar-refractivity contribution in [1.82, 2.24) is 24.7 Å². The normalized spacial score (nSPS) is 11.9. The van der Waals surface area contributed by atoms with Gasteiger partial charge in [0.25, 0.3) is 0 Å². The number of esters is 1. The van der Waals surface area contributed by atoms with Crippen LogP contribution in [0.5, 0.6) is 5.75 Å². The topological polar surface area (TPSA) is 92.0 Å². The largest absolute Gasteiger partial charge is 0.494 e. The van der Waals surface area contributed by atoms with Crippen molar-refractivity contribution in [2.24, 2.45) is 0 Å². The van der Waals surface area contributed by atoms with E-state index in [2.05, 4.69) is 20.2 Å². The summed E-state index contributed by atoms with van der Waals surface area (Å²) in [6.07, 6.45) is 0. The molecule has 0 bridgehead atoms. The predicted octanol–water partition coefficient (Wildman–Crippen LogP) is 4.02. The van der Waals surface area contributed by atoms with Gasteiger partial charge in [-0.15, -0.1) is 10.2 Å². The highest BCUT2D eigenvalue weighted by Crippen LogP contribution is 2.29. The molecule has 2 heterocycles. The summed E-state index contributed by atoms with van der Waals surface area (Å²) < 4.78 is 12.3. The van der Waals surface area contributed by atoms with Gasteiger partial charge >= 0.3 is 5.97 Å². The van der Waals surface area contributed by atoms with Crippen LogP contribution in [0.25, 0.3) is 5.69 Å². The smallest absolute Gasteiger partial charge is 0.318 e. The first-order valence-electron chi connectivity index (χ1n) is 9.78. The molecule has 3 aromatic rings. The Morgan fingerprint density at radius 2 is 1.81 bits per heavy atom. The van der Waals surface area contributed by atoms with Gasteiger partial charge < -0.3 is 9.47 Å². The molecule has 10 heteroatoms. The van der Waals surface area contributed by atoms with E-state index in [-0.39, 0.29) is 5.97 Å². The Labute approximate surface area is 190 Å². The van der Waals surface area contributed by atoms with Crippen LogP contribution in [0.15, 0.2) is 40.6 Å². The third kappa shape index (κ3) is 5.98. The molecule has 0 N–H and O–H groups in total. The molecule has 0 aliphatic rings. The molecule has 0 radical (unpaired) electrons. The summed E-state index contributed by atoms with van der Waals surface area (Å²) in [5.41, 5.74) is 2.72. The minimum atomic E-state index is -0.418. The molecule has 1 aromatic carbocycles. The minimum Gasteiger partial charge on any atom is -0.494 e. The Bertz CT molecular complexity index is 1020. The van der Waals surface area contributed by atoms with E-state index in [0.29, 0.717) is 22.7 Å². The molecule has 0 saturated heterocycles. The number of hydrogen-bond acceptors (Lipinski definition) is 9. The van der Waals surface area contributed by atoms with Crippen LogP contribution < -0.4 is 4.74 Å². The van der Waals surface area contributed by atoms with Gasteiger partial charge in [0.15, 0.2) is 10.3 Å². The van der Waals surface area contributed by atoms with Crippen molar-refractivity contribution in [3.63, 3.8) is 0 Å². The fourth-order valence-corrected chi connectivity index (χ4v) is 4.62. The Morgan fingerprint density at radius 3 is 2.42 bits per heavy atom. The fraction of sp³-hybridized carbons (Fsp3) is 0.381. The van der Waals surface area contributed by atoms with Crippen LogP contribution >= 0.6 is 23.5 Å². The highest BCUT2D eigenvalue weighted by atomic mass is 32.2. The van der Waals surface area contributed by atoms with Crippen LogP contribution in [0.4, 0.5) is 0 Å². The third-order valence-electron chi connectivity index (χ3n) is 4.21. The van der Waals surface area contributed by atoms with Crippen molar-refractivity contribution < 1.29 is 14.3 Å². The summed E-state index contributed by atoms with van der Waals surface area (Å²) in [4.78, 5) is 20.9. The second-order valence-corrected chi connectivity index (χ2v) is 8.92. The van der Waals surface area contributed by atoms with Crippen molar-refractivity contribution in [3.8, 4) is 11.4 Å². The van der Waals surface area contributed by atoms with Crippen LogP contribution in [0, 0.1) is 13.8 Å². The molecule has 164 valence electrons. The highest BCUT2D eigenvalue weighted by Gasteiger charge is 2.22. The molecule has 0 aliphatic heterocycles. The summed E-state index contributed by atoms with van der Waals surface area (Å²) in [5.74, 6) is 1.73. The van der Waals surface area contributed by atoms with Crippen molar-refractivity contribution in [3.05, 3.63) is 47.5 Å². The van der Waals surface area contributed by atoms with Crippen LogP contribution in [-0.4, -0.2) is 49.7 Å². The summed E-state index contributed by atoms with van der Waals surface area (Å²) in [5, 5.41) is 9.60. The monoisotopic (exact) mass is 459 g/mol.